The van der Waals surface area contributed by atoms with Gasteiger partial charge in [0.1, 0.15) is 5.75 Å². The third-order valence-corrected chi connectivity index (χ3v) is 5.83. The van der Waals surface area contributed by atoms with Gasteiger partial charge in [0.05, 0.1) is 52.9 Å². The Kier molecular flexibility index (Phi) is 14.5. The third-order valence-electron chi connectivity index (χ3n) is 5.83. The van der Waals surface area contributed by atoms with Crippen molar-refractivity contribution in [3.8, 4) is 5.75 Å². The quantitative estimate of drug-likeness (QED) is 0.280. The molecule has 2 atom stereocenters. The summed E-state index contributed by atoms with van der Waals surface area (Å²) in [4.78, 5) is 0. The van der Waals surface area contributed by atoms with Crippen molar-refractivity contribution in [2.45, 2.75) is 25.7 Å². The zero-order chi connectivity index (χ0) is 26.0. The van der Waals surface area contributed by atoms with Crippen LogP contribution in [0, 0.1) is 0 Å². The first-order chi connectivity index (χ1) is 17.6. The SMILES string of the molecule is CC(c1ccccc1)c1cccc(O)c1C(C)c1ccccc1.OCCOCCOCCOCCO. The molecule has 0 fully saturated rings. The second kappa shape index (κ2) is 17.7. The molecule has 0 saturated carbocycles. The maximum Gasteiger partial charge on any atom is 0.119 e. The molecule has 0 aliphatic rings. The smallest absolute Gasteiger partial charge is 0.119 e. The van der Waals surface area contributed by atoms with Crippen LogP contribution < -0.4 is 0 Å². The number of phenolic OH excluding ortho intramolecular Hbond substituents is 1. The maximum absolute atomic E-state index is 10.5. The number of aromatic hydroxyl groups is 1. The number of aliphatic hydroxyl groups is 2. The molecule has 0 aliphatic carbocycles. The molecule has 36 heavy (non-hydrogen) atoms. The summed E-state index contributed by atoms with van der Waals surface area (Å²) >= 11 is 0. The van der Waals surface area contributed by atoms with Crippen molar-refractivity contribution in [2.75, 3.05) is 52.9 Å². The van der Waals surface area contributed by atoms with E-state index in [-0.39, 0.29) is 25.0 Å². The van der Waals surface area contributed by atoms with Crippen LogP contribution in [0.25, 0.3) is 0 Å². The fourth-order valence-electron chi connectivity index (χ4n) is 3.92. The molecule has 6 nitrogen and oxygen atoms in total. The molecule has 0 bridgehead atoms. The number of phenols is 1. The largest absolute Gasteiger partial charge is 0.508 e. The minimum Gasteiger partial charge on any atom is -0.508 e. The van der Waals surface area contributed by atoms with Crippen molar-refractivity contribution in [3.05, 3.63) is 101 Å². The first kappa shape index (κ1) is 29.5. The minimum absolute atomic E-state index is 0.0413. The number of hydrogen-bond donors (Lipinski definition) is 3. The summed E-state index contributed by atoms with van der Waals surface area (Å²) in [6, 6.07) is 26.7. The van der Waals surface area contributed by atoms with Crippen LogP contribution in [0.1, 0.15) is 47.9 Å². The lowest BCUT2D eigenvalue weighted by molar-refractivity contribution is 0.00230. The first-order valence-electron chi connectivity index (χ1n) is 12.5. The van der Waals surface area contributed by atoms with E-state index in [0.717, 1.165) is 5.56 Å². The molecule has 3 aromatic rings. The normalized spacial score (nSPS) is 12.4. The van der Waals surface area contributed by atoms with E-state index in [0.29, 0.717) is 45.4 Å². The zero-order valence-electron chi connectivity index (χ0n) is 21.4. The number of rotatable bonds is 14. The zero-order valence-corrected chi connectivity index (χ0v) is 21.4. The van der Waals surface area contributed by atoms with Gasteiger partial charge in [-0.3, -0.25) is 0 Å². The second-order valence-corrected chi connectivity index (χ2v) is 8.33. The van der Waals surface area contributed by atoms with Gasteiger partial charge in [0.15, 0.2) is 0 Å². The molecule has 3 N–H and O–H groups in total. The van der Waals surface area contributed by atoms with Crippen LogP contribution in [0.3, 0.4) is 0 Å². The molecule has 3 aromatic carbocycles. The van der Waals surface area contributed by atoms with Crippen LogP contribution in [0.4, 0.5) is 0 Å². The number of ether oxygens (including phenoxy) is 3. The lowest BCUT2D eigenvalue weighted by Gasteiger charge is -2.22. The van der Waals surface area contributed by atoms with E-state index >= 15 is 0 Å². The highest BCUT2D eigenvalue weighted by molar-refractivity contribution is 5.49. The van der Waals surface area contributed by atoms with Gasteiger partial charge < -0.3 is 29.5 Å². The van der Waals surface area contributed by atoms with Crippen LogP contribution in [0.15, 0.2) is 78.9 Å². The number of benzene rings is 3. The molecular weight excluding hydrogens is 456 g/mol. The van der Waals surface area contributed by atoms with E-state index in [1.54, 1.807) is 6.07 Å². The van der Waals surface area contributed by atoms with Crippen LogP contribution in [-0.4, -0.2) is 68.2 Å². The van der Waals surface area contributed by atoms with Gasteiger partial charge in [-0.1, -0.05) is 86.6 Å². The van der Waals surface area contributed by atoms with E-state index in [9.17, 15) is 5.11 Å². The van der Waals surface area contributed by atoms with Crippen molar-refractivity contribution < 1.29 is 29.5 Å². The summed E-state index contributed by atoms with van der Waals surface area (Å²) in [5.41, 5.74) is 4.69. The molecule has 0 spiro atoms. The summed E-state index contributed by atoms with van der Waals surface area (Å²) in [6.07, 6.45) is 0. The maximum atomic E-state index is 10.5. The van der Waals surface area contributed by atoms with Crippen LogP contribution in [0.5, 0.6) is 5.75 Å². The van der Waals surface area contributed by atoms with Gasteiger partial charge in [0.2, 0.25) is 0 Å². The lowest BCUT2D eigenvalue weighted by atomic mass is 9.82. The monoisotopic (exact) mass is 496 g/mol. The molecule has 0 aromatic heterocycles. The van der Waals surface area contributed by atoms with Crippen molar-refractivity contribution in [1.82, 2.24) is 0 Å². The van der Waals surface area contributed by atoms with E-state index in [1.807, 2.05) is 30.3 Å². The van der Waals surface area contributed by atoms with E-state index in [1.165, 1.54) is 16.7 Å². The third kappa shape index (κ3) is 10.1. The predicted molar refractivity (Wildman–Crippen MR) is 143 cm³/mol. The van der Waals surface area contributed by atoms with Gasteiger partial charge in [-0.15, -0.1) is 0 Å². The van der Waals surface area contributed by atoms with E-state index in [2.05, 4.69) is 56.3 Å². The van der Waals surface area contributed by atoms with Crippen LogP contribution >= 0.6 is 0 Å². The minimum atomic E-state index is 0.0413. The summed E-state index contributed by atoms with van der Waals surface area (Å²) < 4.78 is 15.0. The van der Waals surface area contributed by atoms with Gasteiger partial charge >= 0.3 is 0 Å². The topological polar surface area (TPSA) is 88.4 Å². The highest BCUT2D eigenvalue weighted by atomic mass is 16.5. The lowest BCUT2D eigenvalue weighted by Crippen LogP contribution is -2.11. The highest BCUT2D eigenvalue weighted by Gasteiger charge is 2.20. The summed E-state index contributed by atoms with van der Waals surface area (Å²) in [5, 5.41) is 27.2. The molecule has 0 heterocycles. The average molecular weight is 497 g/mol. The molecule has 0 radical (unpaired) electrons. The van der Waals surface area contributed by atoms with Crippen molar-refractivity contribution in [1.29, 1.82) is 0 Å². The Bertz CT molecular complexity index is 938. The Morgan fingerprint density at radius 2 is 1.00 bits per heavy atom. The molecule has 0 aliphatic heterocycles. The average Bonchev–Trinajstić information content (AvgIpc) is 2.92. The Labute approximate surface area is 215 Å². The molecule has 3 rings (SSSR count). The Morgan fingerprint density at radius 1 is 0.556 bits per heavy atom. The van der Waals surface area contributed by atoms with Crippen molar-refractivity contribution >= 4 is 0 Å². The molecule has 0 saturated heterocycles. The second-order valence-electron chi connectivity index (χ2n) is 8.33. The molecular formula is C30H40O6. The van der Waals surface area contributed by atoms with Crippen LogP contribution in [-0.2, 0) is 14.2 Å². The van der Waals surface area contributed by atoms with Crippen LogP contribution in [0.2, 0.25) is 0 Å². The molecule has 196 valence electrons. The Balaban J connectivity index is 0.000000302. The summed E-state index contributed by atoms with van der Waals surface area (Å²) in [7, 11) is 0. The molecule has 6 heteroatoms. The summed E-state index contributed by atoms with van der Waals surface area (Å²) in [6.45, 7) is 7.12. The fraction of sp³-hybridized carbons (Fsp3) is 0.400. The Morgan fingerprint density at radius 3 is 1.47 bits per heavy atom. The standard InChI is InChI=1S/C22H22O.C8H18O5/c1-16(18-10-5-3-6-11-18)20-14-9-15-21(23)22(20)17(2)19-12-7-4-8-13-19;9-1-3-11-5-7-13-8-6-12-4-2-10/h3-17,23H,1-2H3;9-10H,1-8H2. The van der Waals surface area contributed by atoms with Gasteiger partial charge in [0.25, 0.3) is 0 Å². The van der Waals surface area contributed by atoms with Gasteiger partial charge in [-0.25, -0.2) is 0 Å². The number of hydrogen-bond acceptors (Lipinski definition) is 6. The van der Waals surface area contributed by atoms with Gasteiger partial charge in [-0.05, 0) is 22.8 Å². The van der Waals surface area contributed by atoms with Crippen molar-refractivity contribution in [3.63, 3.8) is 0 Å². The van der Waals surface area contributed by atoms with E-state index in [4.69, 9.17) is 24.4 Å². The highest BCUT2D eigenvalue weighted by Crippen LogP contribution is 2.38. The van der Waals surface area contributed by atoms with Gasteiger partial charge in [0, 0.05) is 17.4 Å². The summed E-state index contributed by atoms with van der Waals surface area (Å²) in [5.74, 6) is 0.768. The first-order valence-corrected chi connectivity index (χ1v) is 12.5. The molecule has 0 amide bonds. The van der Waals surface area contributed by atoms with Crippen molar-refractivity contribution in [2.24, 2.45) is 0 Å². The Hall–Kier alpha value is -2.74. The fourth-order valence-corrected chi connectivity index (χ4v) is 3.92. The van der Waals surface area contributed by atoms with Gasteiger partial charge in [-0.2, -0.15) is 0 Å². The predicted octanol–water partition coefficient (Wildman–Crippen LogP) is 4.72. The molecule has 2 unspecified atom stereocenters. The number of aliphatic hydroxyl groups excluding tert-OH is 2. The van der Waals surface area contributed by atoms with E-state index < -0.39 is 0 Å².